The fourth-order valence-corrected chi connectivity index (χ4v) is 8.79. The molecule has 286 valence electrons. The number of carboxylic acid groups (broad SMARTS) is 1. The number of imidazole rings is 2. The number of benzene rings is 2. The number of aliphatic hydroxyl groups excluding tert-OH is 1. The summed E-state index contributed by atoms with van der Waals surface area (Å²) < 4.78 is 3.67. The number of amides is 2. The summed E-state index contributed by atoms with van der Waals surface area (Å²) in [4.78, 5) is 52.5. The van der Waals surface area contributed by atoms with Crippen LogP contribution in [0.2, 0.25) is 10.0 Å². The lowest BCUT2D eigenvalue weighted by atomic mass is 9.81. The van der Waals surface area contributed by atoms with Crippen molar-refractivity contribution in [2.75, 3.05) is 36.8 Å². The van der Waals surface area contributed by atoms with Crippen LogP contribution in [0, 0.1) is 11.8 Å². The monoisotopic (exact) mass is 776 g/mol. The zero-order valence-electron chi connectivity index (χ0n) is 30.7. The minimum absolute atomic E-state index is 0.227. The van der Waals surface area contributed by atoms with E-state index in [2.05, 4.69) is 25.4 Å². The summed E-state index contributed by atoms with van der Waals surface area (Å²) in [5, 5.41) is 25.6. The Balaban J connectivity index is 1.03. The minimum atomic E-state index is -0.690. The number of carbonyl (C=O) groups excluding carboxylic acids is 2. The van der Waals surface area contributed by atoms with E-state index in [0.29, 0.717) is 53.9 Å². The highest BCUT2D eigenvalue weighted by Crippen LogP contribution is 2.40. The zero-order valence-corrected chi connectivity index (χ0v) is 32.3. The number of fused-ring (bicyclic) bond motifs is 2. The summed E-state index contributed by atoms with van der Waals surface area (Å²) in [6.45, 7) is 6.02. The van der Waals surface area contributed by atoms with Crippen molar-refractivity contribution >= 4 is 52.4 Å². The number of hydrogen-bond donors (Lipinski definition) is 4. The maximum absolute atomic E-state index is 13.7. The predicted octanol–water partition coefficient (Wildman–Crippen LogP) is 5.62. The van der Waals surface area contributed by atoms with Crippen molar-refractivity contribution in [3.63, 3.8) is 0 Å². The molecule has 7 rings (SSSR count). The number of carboxylic acids is 1. The molecule has 13 nitrogen and oxygen atoms in total. The number of hydrogen-bond acceptors (Lipinski definition) is 8. The highest BCUT2D eigenvalue weighted by atomic mass is 35.5. The van der Waals surface area contributed by atoms with E-state index in [0.717, 1.165) is 80.9 Å². The normalized spacial score (nSPS) is 19.5. The largest absolute Gasteiger partial charge is 0.481 e. The number of anilines is 2. The first-order valence-corrected chi connectivity index (χ1v) is 19.3. The van der Waals surface area contributed by atoms with Gasteiger partial charge in [0, 0.05) is 88.7 Å². The highest BCUT2D eigenvalue weighted by molar-refractivity contribution is 6.40. The lowest BCUT2D eigenvalue weighted by Crippen LogP contribution is -2.36. The van der Waals surface area contributed by atoms with Crippen molar-refractivity contribution in [3.8, 4) is 11.1 Å². The van der Waals surface area contributed by atoms with E-state index >= 15 is 0 Å². The molecule has 2 aliphatic heterocycles. The van der Waals surface area contributed by atoms with Crippen molar-refractivity contribution in [1.29, 1.82) is 0 Å². The molecule has 15 heteroatoms. The van der Waals surface area contributed by atoms with Crippen LogP contribution in [0.15, 0.2) is 36.4 Å². The van der Waals surface area contributed by atoms with Gasteiger partial charge in [0.05, 0.1) is 44.8 Å². The standard InChI is InChI=1S/C39H46Cl2N8O5/c1-22(50)18-48-16-14-31-29(20-48)42-35(46(31)2)37(51)44-27-8-4-6-25(33(27)40)26-7-5-9-28(34(26)41)45-38(52)36-43-30-21-49(17-15-32(30)47(36)3)19-23-10-12-24(13-11-23)39(53)54/h4-9,22-24,50H,10-21H2,1-3H3,(H,44,51)(H,45,52)(H,53,54)/t22-,23-,24-/m0/s1. The predicted molar refractivity (Wildman–Crippen MR) is 207 cm³/mol. The topological polar surface area (TPSA) is 158 Å². The van der Waals surface area contributed by atoms with Gasteiger partial charge in [-0.25, -0.2) is 9.97 Å². The molecule has 1 fully saturated rings. The fourth-order valence-electron chi connectivity index (χ4n) is 8.24. The van der Waals surface area contributed by atoms with E-state index in [1.54, 1.807) is 43.3 Å². The molecule has 1 aliphatic carbocycles. The van der Waals surface area contributed by atoms with Crippen molar-refractivity contribution in [1.82, 2.24) is 28.9 Å². The lowest BCUT2D eigenvalue weighted by Gasteiger charge is -2.33. The minimum Gasteiger partial charge on any atom is -0.481 e. The van der Waals surface area contributed by atoms with Gasteiger partial charge in [0.25, 0.3) is 11.8 Å². The average Bonchev–Trinajstić information content (AvgIpc) is 3.65. The van der Waals surface area contributed by atoms with E-state index in [-0.39, 0.29) is 27.7 Å². The molecule has 4 aromatic rings. The second kappa shape index (κ2) is 15.8. The number of aliphatic hydroxyl groups is 1. The molecule has 54 heavy (non-hydrogen) atoms. The number of rotatable bonds is 10. The van der Waals surface area contributed by atoms with E-state index in [4.69, 9.17) is 28.2 Å². The quantitative estimate of drug-likeness (QED) is 0.161. The fraction of sp³-hybridized carbons (Fsp3) is 0.462. The van der Waals surface area contributed by atoms with Gasteiger partial charge in [-0.1, -0.05) is 47.5 Å². The van der Waals surface area contributed by atoms with Gasteiger partial charge in [0.1, 0.15) is 0 Å². The summed E-state index contributed by atoms with van der Waals surface area (Å²) >= 11 is 13.9. The van der Waals surface area contributed by atoms with Gasteiger partial charge in [-0.05, 0) is 50.7 Å². The third-order valence-electron chi connectivity index (χ3n) is 11.1. The maximum Gasteiger partial charge on any atom is 0.306 e. The van der Waals surface area contributed by atoms with Crippen LogP contribution < -0.4 is 10.6 Å². The van der Waals surface area contributed by atoms with Crippen molar-refractivity contribution in [3.05, 3.63) is 80.9 Å². The van der Waals surface area contributed by atoms with Gasteiger partial charge in [-0.3, -0.25) is 24.2 Å². The van der Waals surface area contributed by atoms with Crippen LogP contribution in [0.1, 0.15) is 76.6 Å². The molecule has 3 aliphatic rings. The molecule has 4 heterocycles. The molecule has 1 atom stereocenters. The average molecular weight is 778 g/mol. The zero-order chi connectivity index (χ0) is 38.3. The maximum atomic E-state index is 13.7. The number of aliphatic carboxylic acids is 1. The van der Waals surface area contributed by atoms with Crippen LogP contribution in [0.5, 0.6) is 0 Å². The van der Waals surface area contributed by atoms with Gasteiger partial charge in [0.2, 0.25) is 0 Å². The van der Waals surface area contributed by atoms with Crippen LogP contribution in [-0.4, -0.2) is 89.2 Å². The van der Waals surface area contributed by atoms with E-state index in [9.17, 15) is 24.6 Å². The highest BCUT2D eigenvalue weighted by Gasteiger charge is 2.31. The number of aromatic nitrogens is 4. The van der Waals surface area contributed by atoms with Crippen molar-refractivity contribution in [2.45, 2.75) is 64.6 Å². The molecule has 2 aromatic heterocycles. The number of nitrogens with zero attached hydrogens (tertiary/aromatic N) is 6. The van der Waals surface area contributed by atoms with E-state index in [1.807, 2.05) is 23.2 Å². The molecule has 0 radical (unpaired) electrons. The summed E-state index contributed by atoms with van der Waals surface area (Å²) in [5.74, 6) is -0.674. The first-order valence-electron chi connectivity index (χ1n) is 18.5. The molecule has 0 bridgehead atoms. The molecular formula is C39H46Cl2N8O5. The first kappa shape index (κ1) is 38.0. The Bertz CT molecular complexity index is 2090. The number of halogens is 2. The van der Waals surface area contributed by atoms with Crippen LogP contribution in [0.25, 0.3) is 11.1 Å². The smallest absolute Gasteiger partial charge is 0.306 e. The molecule has 4 N–H and O–H groups in total. The van der Waals surface area contributed by atoms with Gasteiger partial charge >= 0.3 is 5.97 Å². The SMILES string of the molecule is C[C@H](O)CN1CCc2c(nc(C(=O)Nc3cccc(-c4cccc(NC(=O)c5nc6c(n5C)CCN(C[C@H]5CC[C@H](C(=O)O)CC5)C6)c4Cl)c3Cl)n2C)C1. The number of β-amino-alcohol motifs (C(OH)–C–C–N with tert-alkyl or cyclic N) is 1. The van der Waals surface area contributed by atoms with Crippen molar-refractivity contribution in [2.24, 2.45) is 25.9 Å². The van der Waals surface area contributed by atoms with Crippen LogP contribution in [0.4, 0.5) is 11.4 Å². The first-order chi connectivity index (χ1) is 25.9. The van der Waals surface area contributed by atoms with Crippen LogP contribution in [-0.2, 0) is 44.8 Å². The third kappa shape index (κ3) is 7.78. The van der Waals surface area contributed by atoms with Crippen LogP contribution >= 0.6 is 23.2 Å². The van der Waals surface area contributed by atoms with E-state index in [1.165, 1.54) is 0 Å². The molecule has 2 amide bonds. The Kier molecular flexibility index (Phi) is 11.1. The third-order valence-corrected chi connectivity index (χ3v) is 11.9. The Morgan fingerprint density at radius 3 is 1.76 bits per heavy atom. The summed E-state index contributed by atoms with van der Waals surface area (Å²) in [5.41, 5.74) is 5.66. The summed E-state index contributed by atoms with van der Waals surface area (Å²) in [6.07, 6.45) is 4.32. The summed E-state index contributed by atoms with van der Waals surface area (Å²) in [6, 6.07) is 10.6. The molecular weight excluding hydrogens is 731 g/mol. The van der Waals surface area contributed by atoms with Gasteiger partial charge in [-0.2, -0.15) is 0 Å². The summed E-state index contributed by atoms with van der Waals surface area (Å²) in [7, 11) is 3.68. The lowest BCUT2D eigenvalue weighted by molar-refractivity contribution is -0.143. The molecule has 0 spiro atoms. The van der Waals surface area contributed by atoms with Gasteiger partial charge in [-0.15, -0.1) is 0 Å². The molecule has 1 saturated carbocycles. The molecule has 0 saturated heterocycles. The number of carbonyl (C=O) groups is 3. The second-order valence-corrected chi connectivity index (χ2v) is 15.6. The Hall–Kier alpha value is -4.27. The second-order valence-electron chi connectivity index (χ2n) is 14.9. The van der Waals surface area contributed by atoms with Crippen LogP contribution in [0.3, 0.4) is 0 Å². The van der Waals surface area contributed by atoms with Crippen molar-refractivity contribution < 1.29 is 24.6 Å². The van der Waals surface area contributed by atoms with E-state index < -0.39 is 18.0 Å². The molecule has 0 unspecified atom stereocenters. The Morgan fingerprint density at radius 1 is 0.796 bits per heavy atom. The Labute approximate surface area is 324 Å². The number of nitrogens with one attached hydrogen (secondary N) is 2. The molecule has 2 aromatic carbocycles. The van der Waals surface area contributed by atoms with Gasteiger partial charge < -0.3 is 30.0 Å². The van der Waals surface area contributed by atoms with Gasteiger partial charge in [0.15, 0.2) is 11.6 Å². The Morgan fingerprint density at radius 2 is 1.28 bits per heavy atom.